The van der Waals surface area contributed by atoms with Gasteiger partial charge in [-0.3, -0.25) is 37.3 Å². The van der Waals surface area contributed by atoms with Gasteiger partial charge in [0.05, 0.1) is 26.4 Å². The van der Waals surface area contributed by atoms with E-state index in [4.69, 9.17) is 37.0 Å². The van der Waals surface area contributed by atoms with Crippen LogP contribution >= 0.6 is 15.6 Å². The summed E-state index contributed by atoms with van der Waals surface area (Å²) >= 11 is 0. The lowest BCUT2D eigenvalue weighted by molar-refractivity contribution is -0.161. The molecular formula is C72H140O17P2. The Bertz CT molecular complexity index is 1780. The number of hydrogen-bond donors (Lipinski definition) is 3. The molecule has 0 bridgehead atoms. The molecule has 3 N–H and O–H groups in total. The second-order valence-electron chi connectivity index (χ2n) is 27.4. The summed E-state index contributed by atoms with van der Waals surface area (Å²) in [5.74, 6) is 0.128. The Morgan fingerprint density at radius 1 is 0.297 bits per heavy atom. The monoisotopic (exact) mass is 1340 g/mol. The minimum Gasteiger partial charge on any atom is -0.462 e. The molecule has 0 aromatic rings. The van der Waals surface area contributed by atoms with E-state index in [0.717, 1.165) is 115 Å². The van der Waals surface area contributed by atoms with Gasteiger partial charge < -0.3 is 33.8 Å². The summed E-state index contributed by atoms with van der Waals surface area (Å²) in [7, 11) is -9.90. The lowest BCUT2D eigenvalue weighted by atomic mass is 10.0. The normalized spacial score (nSPS) is 14.2. The van der Waals surface area contributed by atoms with Crippen LogP contribution in [0.15, 0.2) is 0 Å². The largest absolute Gasteiger partial charge is 0.472 e. The smallest absolute Gasteiger partial charge is 0.462 e. The van der Waals surface area contributed by atoms with Crippen LogP contribution in [-0.2, 0) is 65.4 Å². The van der Waals surface area contributed by atoms with Crippen molar-refractivity contribution in [3.63, 3.8) is 0 Å². The molecule has 0 rings (SSSR count). The SMILES string of the molecule is CCCCCCCCCC(=O)OC[C@H](COP(=O)(O)OC[C@H](O)COP(=O)(O)OC[C@@H](COC(=O)CCCCCCCCCCCCCC(C)C)OC(=O)CCCCCCCCCCCCCCCCCCCCC(C)C)OC(=O)CCCCCCCCC(C)C. The van der Waals surface area contributed by atoms with Crippen molar-refractivity contribution < 1.29 is 80.2 Å². The lowest BCUT2D eigenvalue weighted by Gasteiger charge is -2.21. The quantitative estimate of drug-likeness (QED) is 0.0222. The van der Waals surface area contributed by atoms with Gasteiger partial charge in [-0.1, -0.05) is 312 Å². The van der Waals surface area contributed by atoms with E-state index in [9.17, 15) is 43.2 Å². The molecule has 0 amide bonds. The van der Waals surface area contributed by atoms with Crippen LogP contribution in [0.4, 0.5) is 0 Å². The summed E-state index contributed by atoms with van der Waals surface area (Å²) < 4.78 is 68.2. The standard InChI is InChI=1S/C72H140O17P2/c1-8-9-10-11-29-39-46-53-69(74)82-59-68(89-72(77)56-49-42-35-34-38-45-52-65(6)7)62-87-91(80,81)85-58-66(73)57-84-90(78,79)86-61-67(60-83-70(75)54-47-40-32-27-24-20-22-26-31-37-44-51-64(4)5)88-71(76)55-48-41-33-28-23-19-17-15-13-12-14-16-18-21-25-30-36-43-50-63(2)3/h63-68,73H,8-62H2,1-7H3,(H,78,79)(H,80,81)/t66-,67-,68-/m1/s1. The molecule has 19 heteroatoms. The highest BCUT2D eigenvalue weighted by atomic mass is 31.2. The molecule has 2 unspecified atom stereocenters. The minimum atomic E-state index is -4.95. The summed E-state index contributed by atoms with van der Waals surface area (Å²) in [5.41, 5.74) is 0. The molecule has 0 aromatic heterocycles. The lowest BCUT2D eigenvalue weighted by Crippen LogP contribution is -2.30. The van der Waals surface area contributed by atoms with Crippen LogP contribution in [0.5, 0.6) is 0 Å². The molecule has 0 spiro atoms. The molecular weight excluding hydrogens is 1200 g/mol. The van der Waals surface area contributed by atoms with Crippen LogP contribution in [-0.4, -0.2) is 96.7 Å². The topological polar surface area (TPSA) is 237 Å². The maximum atomic E-state index is 13.1. The highest BCUT2D eigenvalue weighted by Crippen LogP contribution is 2.45. The zero-order chi connectivity index (χ0) is 67.3. The van der Waals surface area contributed by atoms with Crippen molar-refractivity contribution in [2.24, 2.45) is 17.8 Å². The minimum absolute atomic E-state index is 0.102. The van der Waals surface area contributed by atoms with Crippen molar-refractivity contribution in [2.75, 3.05) is 39.6 Å². The molecule has 0 saturated carbocycles. The first-order chi connectivity index (χ1) is 43.7. The van der Waals surface area contributed by atoms with Gasteiger partial charge in [0.25, 0.3) is 0 Å². The first-order valence-corrected chi connectivity index (χ1v) is 40.3. The van der Waals surface area contributed by atoms with E-state index in [2.05, 4.69) is 48.5 Å². The Morgan fingerprint density at radius 2 is 0.505 bits per heavy atom. The van der Waals surface area contributed by atoms with Crippen LogP contribution in [0, 0.1) is 17.8 Å². The van der Waals surface area contributed by atoms with Gasteiger partial charge in [0.2, 0.25) is 0 Å². The van der Waals surface area contributed by atoms with Crippen molar-refractivity contribution in [3.8, 4) is 0 Å². The predicted molar refractivity (Wildman–Crippen MR) is 368 cm³/mol. The van der Waals surface area contributed by atoms with Gasteiger partial charge in [-0.2, -0.15) is 0 Å². The molecule has 0 aliphatic heterocycles. The molecule has 0 aromatic carbocycles. The van der Waals surface area contributed by atoms with Crippen LogP contribution in [0.2, 0.25) is 0 Å². The second kappa shape index (κ2) is 62.8. The van der Waals surface area contributed by atoms with Gasteiger partial charge in [0.1, 0.15) is 19.3 Å². The van der Waals surface area contributed by atoms with E-state index in [1.165, 1.54) is 161 Å². The molecule has 0 aliphatic rings. The van der Waals surface area contributed by atoms with Crippen LogP contribution < -0.4 is 0 Å². The fourth-order valence-corrected chi connectivity index (χ4v) is 12.5. The van der Waals surface area contributed by atoms with Crippen molar-refractivity contribution in [2.45, 2.75) is 381 Å². The number of aliphatic hydroxyl groups excluding tert-OH is 1. The molecule has 17 nitrogen and oxygen atoms in total. The molecule has 0 aliphatic carbocycles. The Hall–Kier alpha value is -1.94. The summed E-state index contributed by atoms with van der Waals surface area (Å²) in [5, 5.41) is 10.6. The number of esters is 4. The van der Waals surface area contributed by atoms with Gasteiger partial charge in [0, 0.05) is 25.7 Å². The second-order valence-corrected chi connectivity index (χ2v) is 30.3. The zero-order valence-electron chi connectivity index (χ0n) is 59.3. The van der Waals surface area contributed by atoms with Crippen LogP contribution in [0.3, 0.4) is 0 Å². The Morgan fingerprint density at radius 3 is 0.747 bits per heavy atom. The average molecular weight is 1340 g/mol. The molecule has 0 radical (unpaired) electrons. The first-order valence-electron chi connectivity index (χ1n) is 37.3. The summed E-state index contributed by atoms with van der Waals surface area (Å²) in [6.07, 6.45) is 47.7. The molecule has 0 fully saturated rings. The van der Waals surface area contributed by atoms with E-state index in [0.29, 0.717) is 31.6 Å². The Labute approximate surface area is 556 Å². The summed E-state index contributed by atoms with van der Waals surface area (Å²) in [6.45, 7) is 11.8. The van der Waals surface area contributed by atoms with Crippen molar-refractivity contribution in [1.82, 2.24) is 0 Å². The van der Waals surface area contributed by atoms with Gasteiger partial charge in [-0.25, -0.2) is 9.13 Å². The summed E-state index contributed by atoms with van der Waals surface area (Å²) in [4.78, 5) is 72.4. The van der Waals surface area contributed by atoms with Crippen molar-refractivity contribution in [1.29, 1.82) is 0 Å². The molecule has 91 heavy (non-hydrogen) atoms. The van der Waals surface area contributed by atoms with Gasteiger partial charge in [-0.05, 0) is 43.4 Å². The fraction of sp³-hybridized carbons (Fsp3) is 0.944. The third-order valence-corrected chi connectivity index (χ3v) is 18.5. The number of aliphatic hydroxyl groups is 1. The highest BCUT2D eigenvalue weighted by molar-refractivity contribution is 7.47. The van der Waals surface area contributed by atoms with E-state index < -0.39 is 97.5 Å². The molecule has 0 heterocycles. The Balaban J connectivity index is 5.15. The number of phosphoric ester groups is 2. The number of hydrogen-bond acceptors (Lipinski definition) is 15. The zero-order valence-corrected chi connectivity index (χ0v) is 61.1. The third kappa shape index (κ3) is 66.5. The number of carbonyl (C=O) groups excluding carboxylic acids is 4. The maximum Gasteiger partial charge on any atom is 0.472 e. The van der Waals surface area contributed by atoms with Crippen molar-refractivity contribution >= 4 is 39.5 Å². The maximum absolute atomic E-state index is 13.1. The molecule has 0 saturated heterocycles. The number of carbonyl (C=O) groups is 4. The van der Waals surface area contributed by atoms with E-state index in [1.54, 1.807) is 0 Å². The first kappa shape index (κ1) is 89.1. The van der Waals surface area contributed by atoms with Gasteiger partial charge in [0.15, 0.2) is 12.2 Å². The fourth-order valence-electron chi connectivity index (χ4n) is 10.9. The molecule has 540 valence electrons. The van der Waals surface area contributed by atoms with Crippen molar-refractivity contribution in [3.05, 3.63) is 0 Å². The number of unbranched alkanes of at least 4 members (excludes halogenated alkanes) is 38. The van der Waals surface area contributed by atoms with E-state index >= 15 is 0 Å². The van der Waals surface area contributed by atoms with Gasteiger partial charge in [-0.15, -0.1) is 0 Å². The molecule has 5 atom stereocenters. The number of rotatable bonds is 70. The number of ether oxygens (including phenoxy) is 4. The van der Waals surface area contributed by atoms with Crippen LogP contribution in [0.1, 0.15) is 363 Å². The Kier molecular flexibility index (Phi) is 61.5. The van der Waals surface area contributed by atoms with Crippen LogP contribution in [0.25, 0.3) is 0 Å². The average Bonchev–Trinajstić information content (AvgIpc) is 3.65. The van der Waals surface area contributed by atoms with E-state index in [-0.39, 0.29) is 25.7 Å². The number of phosphoric acid groups is 2. The third-order valence-electron chi connectivity index (χ3n) is 16.6. The predicted octanol–water partition coefficient (Wildman–Crippen LogP) is 20.6. The highest BCUT2D eigenvalue weighted by Gasteiger charge is 2.30. The van der Waals surface area contributed by atoms with E-state index in [1.807, 2.05) is 0 Å². The summed E-state index contributed by atoms with van der Waals surface area (Å²) in [6, 6.07) is 0. The van der Waals surface area contributed by atoms with Gasteiger partial charge >= 0.3 is 39.5 Å².